The van der Waals surface area contributed by atoms with Crippen molar-refractivity contribution >= 4 is 17.8 Å². The summed E-state index contributed by atoms with van der Waals surface area (Å²) < 4.78 is 13.3. The van der Waals surface area contributed by atoms with Crippen molar-refractivity contribution in [2.75, 3.05) is 6.54 Å². The van der Waals surface area contributed by atoms with Crippen LogP contribution in [0.5, 0.6) is 0 Å². The average Bonchev–Trinajstić information content (AvgIpc) is 2.44. The van der Waals surface area contributed by atoms with E-state index in [1.165, 1.54) is 12.1 Å². The first-order valence-electron chi connectivity index (χ1n) is 4.39. The molecule has 0 fully saturated rings. The maximum Gasteiger partial charge on any atom is 0.323 e. The Hall–Kier alpha value is -2.24. The Labute approximate surface area is 89.1 Å². The maximum atomic E-state index is 13.3. The zero-order valence-electron chi connectivity index (χ0n) is 7.94. The molecule has 0 saturated heterocycles. The second-order valence-electron chi connectivity index (χ2n) is 3.25. The van der Waals surface area contributed by atoms with E-state index in [0.29, 0.717) is 4.90 Å². The molecular weight excluding hydrogens is 217 g/mol. The topological polar surface area (TPSA) is 74.7 Å². The summed E-state index contributed by atoms with van der Waals surface area (Å²) in [5, 5.41) is 8.52. The standard InChI is InChI=1S/C10H6FNO4/c11-6-3-1-2-5-8(6)10(16)12(9(5)15)4-7(13)14/h1-3H,4H2,(H,13,14). The van der Waals surface area contributed by atoms with E-state index in [1.54, 1.807) is 0 Å². The maximum absolute atomic E-state index is 13.3. The number of imide groups is 1. The van der Waals surface area contributed by atoms with Gasteiger partial charge in [-0.2, -0.15) is 0 Å². The van der Waals surface area contributed by atoms with E-state index in [-0.39, 0.29) is 11.1 Å². The first-order valence-corrected chi connectivity index (χ1v) is 4.39. The van der Waals surface area contributed by atoms with Gasteiger partial charge in [-0.05, 0) is 12.1 Å². The van der Waals surface area contributed by atoms with Crippen molar-refractivity contribution in [2.24, 2.45) is 0 Å². The SMILES string of the molecule is O=C(O)CN1C(=O)c2cccc(F)c2C1=O. The molecule has 82 valence electrons. The number of fused-ring (bicyclic) bond motifs is 1. The zero-order chi connectivity index (χ0) is 11.9. The largest absolute Gasteiger partial charge is 0.480 e. The summed E-state index contributed by atoms with van der Waals surface area (Å²) in [4.78, 5) is 34.1. The van der Waals surface area contributed by atoms with Crippen LogP contribution in [0.25, 0.3) is 0 Å². The van der Waals surface area contributed by atoms with Gasteiger partial charge >= 0.3 is 5.97 Å². The Morgan fingerprint density at radius 3 is 2.56 bits per heavy atom. The Balaban J connectivity index is 2.48. The lowest BCUT2D eigenvalue weighted by Gasteiger charge is -2.09. The van der Waals surface area contributed by atoms with E-state index in [0.717, 1.165) is 6.07 Å². The fraction of sp³-hybridized carbons (Fsp3) is 0.100. The third-order valence-corrected chi connectivity index (χ3v) is 2.24. The van der Waals surface area contributed by atoms with Crippen molar-refractivity contribution in [2.45, 2.75) is 0 Å². The van der Waals surface area contributed by atoms with Crippen molar-refractivity contribution in [1.82, 2.24) is 4.90 Å². The number of benzene rings is 1. The lowest BCUT2D eigenvalue weighted by Crippen LogP contribution is -2.34. The zero-order valence-corrected chi connectivity index (χ0v) is 7.94. The molecule has 0 aliphatic carbocycles. The van der Waals surface area contributed by atoms with E-state index in [2.05, 4.69) is 0 Å². The third-order valence-electron chi connectivity index (χ3n) is 2.24. The highest BCUT2D eigenvalue weighted by Crippen LogP contribution is 2.24. The van der Waals surface area contributed by atoms with Crippen LogP contribution < -0.4 is 0 Å². The van der Waals surface area contributed by atoms with E-state index in [9.17, 15) is 18.8 Å². The van der Waals surface area contributed by atoms with Crippen LogP contribution in [0.2, 0.25) is 0 Å². The van der Waals surface area contributed by atoms with E-state index in [1.807, 2.05) is 0 Å². The molecule has 1 heterocycles. The number of hydrogen-bond donors (Lipinski definition) is 1. The Morgan fingerprint density at radius 1 is 1.31 bits per heavy atom. The smallest absolute Gasteiger partial charge is 0.323 e. The number of halogens is 1. The summed E-state index contributed by atoms with van der Waals surface area (Å²) >= 11 is 0. The molecule has 0 aromatic heterocycles. The van der Waals surface area contributed by atoms with Crippen molar-refractivity contribution in [3.8, 4) is 0 Å². The van der Waals surface area contributed by atoms with Gasteiger partial charge in [-0.1, -0.05) is 6.07 Å². The van der Waals surface area contributed by atoms with Crippen LogP contribution in [0.15, 0.2) is 18.2 Å². The Kier molecular flexibility index (Phi) is 2.19. The van der Waals surface area contributed by atoms with Gasteiger partial charge in [-0.25, -0.2) is 4.39 Å². The first kappa shape index (κ1) is 10.3. The molecule has 0 spiro atoms. The predicted molar refractivity (Wildman–Crippen MR) is 49.4 cm³/mol. The molecule has 16 heavy (non-hydrogen) atoms. The molecule has 1 aromatic carbocycles. The van der Waals surface area contributed by atoms with Crippen molar-refractivity contribution in [1.29, 1.82) is 0 Å². The number of carboxylic acid groups (broad SMARTS) is 1. The summed E-state index contributed by atoms with van der Waals surface area (Å²) in [5.41, 5.74) is -0.444. The molecule has 0 bridgehead atoms. The van der Waals surface area contributed by atoms with E-state index in [4.69, 9.17) is 5.11 Å². The fourth-order valence-corrected chi connectivity index (χ4v) is 1.57. The van der Waals surface area contributed by atoms with Gasteiger partial charge in [0.25, 0.3) is 11.8 Å². The average molecular weight is 223 g/mol. The third kappa shape index (κ3) is 1.35. The van der Waals surface area contributed by atoms with Gasteiger partial charge < -0.3 is 5.11 Å². The number of amides is 2. The normalized spacial score (nSPS) is 14.2. The number of aliphatic carboxylic acids is 1. The van der Waals surface area contributed by atoms with Gasteiger partial charge in [0.1, 0.15) is 12.4 Å². The highest BCUT2D eigenvalue weighted by atomic mass is 19.1. The number of nitrogens with zero attached hydrogens (tertiary/aromatic N) is 1. The molecule has 2 rings (SSSR count). The van der Waals surface area contributed by atoms with Crippen LogP contribution in [-0.2, 0) is 4.79 Å². The van der Waals surface area contributed by atoms with Gasteiger partial charge in [0.2, 0.25) is 0 Å². The van der Waals surface area contributed by atoms with Crippen molar-refractivity contribution < 1.29 is 23.9 Å². The monoisotopic (exact) mass is 223 g/mol. The second-order valence-corrected chi connectivity index (χ2v) is 3.25. The molecule has 6 heteroatoms. The quantitative estimate of drug-likeness (QED) is 0.741. The van der Waals surface area contributed by atoms with E-state index < -0.39 is 30.1 Å². The molecule has 0 radical (unpaired) electrons. The summed E-state index contributed by atoms with van der Waals surface area (Å²) in [6, 6.07) is 3.64. The summed E-state index contributed by atoms with van der Waals surface area (Å²) in [6.07, 6.45) is 0. The van der Waals surface area contributed by atoms with Gasteiger partial charge in [0.05, 0.1) is 11.1 Å². The lowest BCUT2D eigenvalue weighted by molar-refractivity contribution is -0.137. The van der Waals surface area contributed by atoms with Crippen LogP contribution in [-0.4, -0.2) is 34.3 Å². The molecule has 5 nitrogen and oxygen atoms in total. The predicted octanol–water partition coefficient (Wildman–Crippen LogP) is 0.506. The van der Waals surface area contributed by atoms with Gasteiger partial charge in [-0.15, -0.1) is 0 Å². The Morgan fingerprint density at radius 2 is 2.00 bits per heavy atom. The number of hydrogen-bond acceptors (Lipinski definition) is 3. The molecule has 0 unspecified atom stereocenters. The van der Waals surface area contributed by atoms with Crippen LogP contribution in [0, 0.1) is 5.82 Å². The van der Waals surface area contributed by atoms with Crippen molar-refractivity contribution in [3.05, 3.63) is 35.1 Å². The van der Waals surface area contributed by atoms with Crippen LogP contribution in [0.4, 0.5) is 4.39 Å². The summed E-state index contributed by atoms with van der Waals surface area (Å²) in [6.45, 7) is -0.758. The number of carbonyl (C=O) groups is 3. The summed E-state index contributed by atoms with van der Waals surface area (Å²) in [5.74, 6) is -3.82. The molecule has 1 aromatic rings. The van der Waals surface area contributed by atoms with Gasteiger partial charge in [-0.3, -0.25) is 19.3 Å². The minimum atomic E-state index is -1.32. The molecule has 1 aliphatic rings. The lowest BCUT2D eigenvalue weighted by atomic mass is 10.1. The van der Waals surface area contributed by atoms with E-state index >= 15 is 0 Å². The highest BCUT2D eigenvalue weighted by Gasteiger charge is 2.38. The molecule has 1 aliphatic heterocycles. The van der Waals surface area contributed by atoms with Gasteiger partial charge in [0.15, 0.2) is 0 Å². The van der Waals surface area contributed by atoms with Crippen LogP contribution >= 0.6 is 0 Å². The van der Waals surface area contributed by atoms with Crippen LogP contribution in [0.3, 0.4) is 0 Å². The van der Waals surface area contributed by atoms with Gasteiger partial charge in [0, 0.05) is 0 Å². The molecule has 2 amide bonds. The summed E-state index contributed by atoms with van der Waals surface area (Å²) in [7, 11) is 0. The molecule has 0 saturated carbocycles. The molecular formula is C10H6FNO4. The highest BCUT2D eigenvalue weighted by molar-refractivity contribution is 6.22. The first-order chi connectivity index (χ1) is 7.52. The fourth-order valence-electron chi connectivity index (χ4n) is 1.57. The number of carbonyl (C=O) groups excluding carboxylic acids is 2. The second kappa shape index (κ2) is 3.41. The minimum absolute atomic E-state index is 0.0914. The molecule has 0 atom stereocenters. The minimum Gasteiger partial charge on any atom is -0.480 e. The van der Waals surface area contributed by atoms with Crippen LogP contribution in [0.1, 0.15) is 20.7 Å². The number of rotatable bonds is 2. The number of carboxylic acids is 1. The molecule has 1 N–H and O–H groups in total. The van der Waals surface area contributed by atoms with Crippen molar-refractivity contribution in [3.63, 3.8) is 0 Å². The Bertz CT molecular complexity index is 512.